The van der Waals surface area contributed by atoms with Gasteiger partial charge >= 0.3 is 0 Å². The Hall–Kier alpha value is -0.590. The minimum absolute atomic E-state index is 0.243. The molecule has 0 bridgehead atoms. The summed E-state index contributed by atoms with van der Waals surface area (Å²) in [5, 5.41) is 0. The smallest absolute Gasteiger partial charge is 0.242 e. The van der Waals surface area contributed by atoms with Crippen molar-refractivity contribution in [2.24, 2.45) is 0 Å². The van der Waals surface area contributed by atoms with Gasteiger partial charge < -0.3 is 5.73 Å². The molecule has 1 aromatic carbocycles. The third-order valence-corrected chi connectivity index (χ3v) is 4.74. The van der Waals surface area contributed by atoms with Gasteiger partial charge in [0.05, 0.1) is 4.90 Å². The highest BCUT2D eigenvalue weighted by Gasteiger charge is 2.19. The van der Waals surface area contributed by atoms with Gasteiger partial charge in [0.25, 0.3) is 0 Å². The molecule has 0 spiro atoms. The van der Waals surface area contributed by atoms with Crippen molar-refractivity contribution < 1.29 is 8.42 Å². The first kappa shape index (κ1) is 12.5. The molecule has 0 aliphatic carbocycles. The van der Waals surface area contributed by atoms with Crippen LogP contribution in [0, 0.1) is 0 Å². The van der Waals surface area contributed by atoms with Crippen LogP contribution in [0.25, 0.3) is 0 Å². The number of rotatable bonds is 3. The summed E-state index contributed by atoms with van der Waals surface area (Å²) in [6.45, 7) is 2.22. The summed E-state index contributed by atoms with van der Waals surface area (Å²) in [7, 11) is -1.84. The molecule has 6 heteroatoms. The zero-order valence-corrected chi connectivity index (χ0v) is 11.0. The standard InChI is InChI=1S/C9H13BrN2O2S/c1-3-12(2)15(13,14)7-4-5-9(11)8(10)6-7/h4-6H,3,11H2,1-2H3. The molecule has 0 fully saturated rings. The highest BCUT2D eigenvalue weighted by atomic mass is 79.9. The van der Waals surface area contributed by atoms with Crippen LogP contribution in [-0.4, -0.2) is 26.3 Å². The van der Waals surface area contributed by atoms with Crippen molar-refractivity contribution in [3.05, 3.63) is 22.7 Å². The number of hydrogen-bond acceptors (Lipinski definition) is 3. The van der Waals surface area contributed by atoms with Crippen molar-refractivity contribution in [3.8, 4) is 0 Å². The predicted molar refractivity (Wildman–Crippen MR) is 64.0 cm³/mol. The zero-order chi connectivity index (χ0) is 11.6. The topological polar surface area (TPSA) is 63.4 Å². The molecule has 1 rings (SSSR count). The van der Waals surface area contributed by atoms with Gasteiger partial charge in [-0.1, -0.05) is 6.92 Å². The molecule has 0 aliphatic heterocycles. The number of nitrogens with two attached hydrogens (primary N) is 1. The van der Waals surface area contributed by atoms with Crippen molar-refractivity contribution in [1.82, 2.24) is 4.31 Å². The van der Waals surface area contributed by atoms with E-state index in [4.69, 9.17) is 5.73 Å². The minimum atomic E-state index is -3.38. The van der Waals surface area contributed by atoms with Crippen LogP contribution in [0.15, 0.2) is 27.6 Å². The molecule has 0 heterocycles. The molecule has 0 radical (unpaired) electrons. The molecule has 0 aliphatic rings. The molecular weight excluding hydrogens is 280 g/mol. The molecule has 15 heavy (non-hydrogen) atoms. The van der Waals surface area contributed by atoms with E-state index in [0.29, 0.717) is 16.7 Å². The first-order valence-corrected chi connectivity index (χ1v) is 6.64. The third kappa shape index (κ3) is 2.50. The van der Waals surface area contributed by atoms with Gasteiger partial charge in [-0.15, -0.1) is 0 Å². The molecule has 2 N–H and O–H groups in total. The summed E-state index contributed by atoms with van der Waals surface area (Å²) in [6.07, 6.45) is 0. The van der Waals surface area contributed by atoms with Crippen molar-refractivity contribution in [2.45, 2.75) is 11.8 Å². The maximum atomic E-state index is 11.9. The molecule has 0 saturated heterocycles. The number of nitrogen functional groups attached to an aromatic ring is 1. The van der Waals surface area contributed by atoms with Gasteiger partial charge in [0.1, 0.15) is 0 Å². The van der Waals surface area contributed by atoms with Crippen molar-refractivity contribution in [1.29, 1.82) is 0 Å². The number of anilines is 1. The van der Waals surface area contributed by atoms with E-state index in [9.17, 15) is 8.42 Å². The van der Waals surface area contributed by atoms with E-state index in [1.807, 2.05) is 0 Å². The fourth-order valence-corrected chi connectivity index (χ4v) is 2.76. The Morgan fingerprint density at radius 3 is 2.53 bits per heavy atom. The largest absolute Gasteiger partial charge is 0.398 e. The third-order valence-electron chi connectivity index (χ3n) is 2.13. The van der Waals surface area contributed by atoms with E-state index in [0.717, 1.165) is 0 Å². The van der Waals surface area contributed by atoms with E-state index in [1.165, 1.54) is 16.4 Å². The Kier molecular flexibility index (Phi) is 3.75. The summed E-state index contributed by atoms with van der Waals surface area (Å²) in [5.41, 5.74) is 6.11. The Balaban J connectivity index is 3.23. The maximum absolute atomic E-state index is 11.9. The minimum Gasteiger partial charge on any atom is -0.398 e. The molecule has 84 valence electrons. The quantitative estimate of drug-likeness (QED) is 0.862. The lowest BCUT2D eigenvalue weighted by Gasteiger charge is -2.15. The number of halogens is 1. The Morgan fingerprint density at radius 1 is 1.47 bits per heavy atom. The first-order chi connectivity index (χ1) is 6.89. The summed E-state index contributed by atoms with van der Waals surface area (Å²) in [4.78, 5) is 0.243. The molecule has 0 amide bonds. The van der Waals surface area contributed by atoms with Crippen molar-refractivity contribution >= 4 is 31.6 Å². The Labute approximate surface area is 98.3 Å². The van der Waals surface area contributed by atoms with Crippen LogP contribution in [0.1, 0.15) is 6.92 Å². The zero-order valence-electron chi connectivity index (χ0n) is 8.57. The van der Waals surface area contributed by atoms with Crippen LogP contribution < -0.4 is 5.73 Å². The number of benzene rings is 1. The molecule has 0 aromatic heterocycles. The SMILES string of the molecule is CCN(C)S(=O)(=O)c1ccc(N)c(Br)c1. The maximum Gasteiger partial charge on any atom is 0.242 e. The summed E-state index contributed by atoms with van der Waals surface area (Å²) in [5.74, 6) is 0. The van der Waals surface area contributed by atoms with Gasteiger partial charge in [0, 0.05) is 23.8 Å². The normalized spacial score (nSPS) is 12.0. The van der Waals surface area contributed by atoms with Crippen molar-refractivity contribution in [3.63, 3.8) is 0 Å². The van der Waals surface area contributed by atoms with E-state index >= 15 is 0 Å². The van der Waals surface area contributed by atoms with Crippen LogP contribution in [0.5, 0.6) is 0 Å². The predicted octanol–water partition coefficient (Wildman–Crippen LogP) is 1.67. The van der Waals surface area contributed by atoms with E-state index in [1.54, 1.807) is 20.0 Å². The lowest BCUT2D eigenvalue weighted by Crippen LogP contribution is -2.26. The summed E-state index contributed by atoms with van der Waals surface area (Å²) < 4.78 is 25.7. The second-order valence-electron chi connectivity index (χ2n) is 3.10. The molecular formula is C9H13BrN2O2S. The molecule has 0 unspecified atom stereocenters. The van der Waals surface area contributed by atoms with Crippen LogP contribution in [0.2, 0.25) is 0 Å². The fraction of sp³-hybridized carbons (Fsp3) is 0.333. The van der Waals surface area contributed by atoms with E-state index in [2.05, 4.69) is 15.9 Å². The second-order valence-corrected chi connectivity index (χ2v) is 6.00. The highest BCUT2D eigenvalue weighted by Crippen LogP contribution is 2.24. The van der Waals surface area contributed by atoms with Gasteiger partial charge in [-0.25, -0.2) is 12.7 Å². The molecule has 1 aromatic rings. The lowest BCUT2D eigenvalue weighted by molar-refractivity contribution is 0.486. The number of sulfonamides is 1. The number of nitrogens with zero attached hydrogens (tertiary/aromatic N) is 1. The van der Waals surface area contributed by atoms with Gasteiger partial charge in [-0.05, 0) is 34.1 Å². The van der Waals surface area contributed by atoms with E-state index < -0.39 is 10.0 Å². The summed E-state index contributed by atoms with van der Waals surface area (Å²) in [6, 6.07) is 4.58. The average Bonchev–Trinajstić information content (AvgIpc) is 2.20. The monoisotopic (exact) mass is 292 g/mol. The second kappa shape index (κ2) is 4.51. The van der Waals surface area contributed by atoms with Crippen LogP contribution in [0.4, 0.5) is 5.69 Å². The molecule has 0 atom stereocenters. The Morgan fingerprint density at radius 2 is 2.07 bits per heavy atom. The van der Waals surface area contributed by atoms with Crippen LogP contribution >= 0.6 is 15.9 Å². The lowest BCUT2D eigenvalue weighted by atomic mass is 10.3. The van der Waals surface area contributed by atoms with Gasteiger partial charge in [-0.3, -0.25) is 0 Å². The first-order valence-electron chi connectivity index (χ1n) is 4.41. The summed E-state index contributed by atoms with van der Waals surface area (Å²) >= 11 is 3.20. The van der Waals surface area contributed by atoms with Crippen LogP contribution in [0.3, 0.4) is 0 Å². The average molecular weight is 293 g/mol. The highest BCUT2D eigenvalue weighted by molar-refractivity contribution is 9.10. The van der Waals surface area contributed by atoms with Crippen molar-refractivity contribution in [2.75, 3.05) is 19.3 Å². The van der Waals surface area contributed by atoms with Gasteiger partial charge in [-0.2, -0.15) is 0 Å². The van der Waals surface area contributed by atoms with Gasteiger partial charge in [0.15, 0.2) is 0 Å². The molecule has 0 saturated carbocycles. The van der Waals surface area contributed by atoms with E-state index in [-0.39, 0.29) is 4.90 Å². The fourth-order valence-electron chi connectivity index (χ4n) is 1.02. The Bertz CT molecular complexity index is 459. The van der Waals surface area contributed by atoms with Crippen LogP contribution in [-0.2, 0) is 10.0 Å². The van der Waals surface area contributed by atoms with Gasteiger partial charge in [0.2, 0.25) is 10.0 Å². The molecule has 4 nitrogen and oxygen atoms in total. The number of hydrogen-bond donors (Lipinski definition) is 1.